The van der Waals surface area contributed by atoms with E-state index in [9.17, 15) is 4.79 Å². The van der Waals surface area contributed by atoms with Gasteiger partial charge in [-0.15, -0.1) is 0 Å². The summed E-state index contributed by atoms with van der Waals surface area (Å²) in [6.45, 7) is 4.79. The number of aromatic nitrogens is 3. The zero-order valence-electron chi connectivity index (χ0n) is 20.9. The van der Waals surface area contributed by atoms with Crippen LogP contribution >= 0.6 is 0 Å². The Morgan fingerprint density at radius 2 is 1.78 bits per heavy atom. The van der Waals surface area contributed by atoms with Crippen molar-refractivity contribution in [2.45, 2.75) is 45.1 Å². The quantitative estimate of drug-likeness (QED) is 0.548. The summed E-state index contributed by atoms with van der Waals surface area (Å²) in [5.74, 6) is 1.00. The van der Waals surface area contributed by atoms with Crippen LogP contribution in [0, 0.1) is 5.41 Å². The Hall–Kier alpha value is -3.32. The van der Waals surface area contributed by atoms with Gasteiger partial charge in [0.05, 0.1) is 11.9 Å². The lowest BCUT2D eigenvalue weighted by molar-refractivity contribution is 0.0355. The molecule has 36 heavy (non-hydrogen) atoms. The Bertz CT molecular complexity index is 1120. The topological polar surface area (TPSA) is 71.5 Å². The molecule has 0 radical (unpaired) electrons. The number of hydrogen-bond donors (Lipinski definition) is 0. The average molecular weight is 486 g/mol. The molecular weight excluding hydrogens is 450 g/mol. The highest BCUT2D eigenvalue weighted by Gasteiger charge is 2.37. The number of para-hydroxylation sites is 1. The summed E-state index contributed by atoms with van der Waals surface area (Å²) in [5, 5.41) is 0. The zero-order chi connectivity index (χ0) is 24.6. The van der Waals surface area contributed by atoms with Gasteiger partial charge in [0.2, 0.25) is 0 Å². The largest absolute Gasteiger partial charge is 0.492 e. The Morgan fingerprint density at radius 3 is 2.58 bits per heavy atom. The fraction of sp³-hybridized carbons (Fsp3) is 0.448. The molecule has 2 aliphatic rings. The molecule has 2 aliphatic heterocycles. The minimum atomic E-state index is -0.0125. The van der Waals surface area contributed by atoms with E-state index in [2.05, 4.69) is 56.3 Å². The second-order valence-electron chi connectivity index (χ2n) is 10.1. The van der Waals surface area contributed by atoms with E-state index in [1.165, 1.54) is 18.4 Å². The normalized spacial score (nSPS) is 18.9. The molecule has 1 fully saturated rings. The molecule has 1 amide bonds. The van der Waals surface area contributed by atoms with Crippen molar-refractivity contribution in [1.29, 1.82) is 0 Å². The predicted molar refractivity (Wildman–Crippen MR) is 139 cm³/mol. The van der Waals surface area contributed by atoms with Crippen LogP contribution in [0.25, 0.3) is 0 Å². The third-order valence-electron chi connectivity index (χ3n) is 7.61. The van der Waals surface area contributed by atoms with Crippen molar-refractivity contribution in [3.8, 4) is 5.75 Å². The molecule has 0 aliphatic carbocycles. The third-order valence-corrected chi connectivity index (χ3v) is 7.61. The molecule has 5 rings (SSSR count). The molecule has 0 unspecified atom stereocenters. The van der Waals surface area contributed by atoms with E-state index in [1.54, 1.807) is 18.6 Å². The van der Waals surface area contributed by atoms with Gasteiger partial charge in [-0.05, 0) is 61.3 Å². The van der Waals surface area contributed by atoms with E-state index >= 15 is 0 Å². The van der Waals surface area contributed by atoms with Gasteiger partial charge in [-0.3, -0.25) is 19.7 Å². The maximum Gasteiger partial charge on any atom is 0.274 e. The monoisotopic (exact) mass is 485 g/mol. The highest BCUT2D eigenvalue weighted by molar-refractivity contribution is 5.92. The first-order chi connectivity index (χ1) is 17.7. The number of likely N-dealkylation sites (tertiary alicyclic amines) is 1. The summed E-state index contributed by atoms with van der Waals surface area (Å²) < 4.78 is 6.27. The first-order valence-electron chi connectivity index (χ1n) is 13.1. The molecule has 0 N–H and O–H groups in total. The molecule has 2 aromatic heterocycles. The summed E-state index contributed by atoms with van der Waals surface area (Å²) in [4.78, 5) is 30.3. The van der Waals surface area contributed by atoms with Gasteiger partial charge < -0.3 is 9.64 Å². The highest BCUT2D eigenvalue weighted by atomic mass is 16.5. The standard InChI is InChI=1S/C29H35N5O2/c35-28(26-21-30-15-16-32-26)34-17-12-29(13-18-34)11-5-3-8-24-7-1-2-10-27(24)36-20-19-33(23-29)22-25-9-4-6-14-31-25/h1-2,4,6-7,9-10,14-16,21H,3,5,8,11-13,17-20,22-23H2. The van der Waals surface area contributed by atoms with Crippen LogP contribution in [0.4, 0.5) is 0 Å². The molecule has 1 spiro atoms. The number of piperidine rings is 1. The van der Waals surface area contributed by atoms with Gasteiger partial charge in [-0.2, -0.15) is 0 Å². The molecule has 1 saturated heterocycles. The smallest absolute Gasteiger partial charge is 0.274 e. The van der Waals surface area contributed by atoms with Crippen LogP contribution in [0.5, 0.6) is 5.75 Å². The summed E-state index contributed by atoms with van der Waals surface area (Å²) in [6, 6.07) is 14.6. The van der Waals surface area contributed by atoms with E-state index in [0.29, 0.717) is 12.3 Å². The van der Waals surface area contributed by atoms with Crippen LogP contribution < -0.4 is 4.74 Å². The average Bonchev–Trinajstić information content (AvgIpc) is 2.92. The fourth-order valence-corrected chi connectivity index (χ4v) is 5.60. The number of rotatable bonds is 3. The van der Waals surface area contributed by atoms with E-state index in [1.807, 2.05) is 17.2 Å². The Morgan fingerprint density at radius 1 is 0.917 bits per heavy atom. The third kappa shape index (κ3) is 6.08. The minimum absolute atomic E-state index is 0.0125. The molecule has 0 saturated carbocycles. The van der Waals surface area contributed by atoms with Gasteiger partial charge in [0.15, 0.2) is 0 Å². The van der Waals surface area contributed by atoms with Crippen molar-refractivity contribution in [1.82, 2.24) is 24.8 Å². The number of ether oxygens (including phenoxy) is 1. The second kappa shape index (κ2) is 11.6. The molecule has 1 aromatic carbocycles. The van der Waals surface area contributed by atoms with Crippen LogP contribution in [0.3, 0.4) is 0 Å². The molecule has 3 aromatic rings. The lowest BCUT2D eigenvalue weighted by Crippen LogP contribution is -2.48. The van der Waals surface area contributed by atoms with Crippen LogP contribution in [0.2, 0.25) is 0 Å². The predicted octanol–water partition coefficient (Wildman–Crippen LogP) is 4.40. The van der Waals surface area contributed by atoms with Gasteiger partial charge in [0.1, 0.15) is 18.1 Å². The summed E-state index contributed by atoms with van der Waals surface area (Å²) in [5.41, 5.74) is 2.98. The SMILES string of the molecule is O=C(c1cnccn1)N1CCC2(CCCCc3ccccc3OCCN(Cc3ccccn3)C2)CC1. The van der Waals surface area contributed by atoms with Gasteiger partial charge in [0.25, 0.3) is 5.91 Å². The Kier molecular flexibility index (Phi) is 7.86. The van der Waals surface area contributed by atoms with E-state index in [0.717, 1.165) is 69.9 Å². The molecule has 4 heterocycles. The van der Waals surface area contributed by atoms with E-state index < -0.39 is 0 Å². The Balaban J connectivity index is 1.32. The minimum Gasteiger partial charge on any atom is -0.492 e. The number of nitrogens with zero attached hydrogens (tertiary/aromatic N) is 5. The van der Waals surface area contributed by atoms with Crippen molar-refractivity contribution < 1.29 is 9.53 Å². The first-order valence-corrected chi connectivity index (χ1v) is 13.1. The van der Waals surface area contributed by atoms with Crippen molar-refractivity contribution in [2.24, 2.45) is 5.41 Å². The zero-order valence-corrected chi connectivity index (χ0v) is 20.9. The molecular formula is C29H35N5O2. The number of carbonyl (C=O) groups is 1. The highest BCUT2D eigenvalue weighted by Crippen LogP contribution is 2.39. The molecule has 7 heteroatoms. The van der Waals surface area contributed by atoms with Gasteiger partial charge in [-0.25, -0.2) is 4.98 Å². The lowest BCUT2D eigenvalue weighted by Gasteiger charge is -2.45. The van der Waals surface area contributed by atoms with Crippen LogP contribution in [-0.2, 0) is 13.0 Å². The fourth-order valence-electron chi connectivity index (χ4n) is 5.60. The molecule has 0 bridgehead atoms. The summed E-state index contributed by atoms with van der Waals surface area (Å²) in [7, 11) is 0. The molecule has 7 nitrogen and oxygen atoms in total. The number of hydrogen-bond acceptors (Lipinski definition) is 6. The summed E-state index contributed by atoms with van der Waals surface area (Å²) >= 11 is 0. The lowest BCUT2D eigenvalue weighted by atomic mass is 9.73. The van der Waals surface area contributed by atoms with Crippen molar-refractivity contribution in [3.05, 3.63) is 84.2 Å². The van der Waals surface area contributed by atoms with Gasteiger partial charge >= 0.3 is 0 Å². The van der Waals surface area contributed by atoms with Crippen molar-refractivity contribution >= 4 is 5.91 Å². The molecule has 0 atom stereocenters. The number of benzene rings is 1. The number of amides is 1. The van der Waals surface area contributed by atoms with E-state index in [4.69, 9.17) is 4.74 Å². The maximum atomic E-state index is 13.0. The first kappa shape index (κ1) is 24.4. The second-order valence-corrected chi connectivity index (χ2v) is 10.1. The van der Waals surface area contributed by atoms with Gasteiger partial charge in [0, 0.05) is 51.3 Å². The van der Waals surface area contributed by atoms with Gasteiger partial charge in [-0.1, -0.05) is 30.7 Å². The number of pyridine rings is 1. The number of carbonyl (C=O) groups excluding carboxylic acids is 1. The summed E-state index contributed by atoms with van der Waals surface area (Å²) in [6.07, 6.45) is 13.1. The van der Waals surface area contributed by atoms with Crippen molar-refractivity contribution in [3.63, 3.8) is 0 Å². The Labute approximate surface area is 213 Å². The number of aryl methyl sites for hydroxylation is 1. The maximum absolute atomic E-state index is 13.0. The van der Waals surface area contributed by atoms with Crippen molar-refractivity contribution in [2.75, 3.05) is 32.8 Å². The van der Waals surface area contributed by atoms with Crippen LogP contribution in [-0.4, -0.2) is 63.4 Å². The van der Waals surface area contributed by atoms with E-state index in [-0.39, 0.29) is 11.3 Å². The number of fused-ring (bicyclic) bond motifs is 1. The molecule has 188 valence electrons. The van der Waals surface area contributed by atoms with Crippen LogP contribution in [0.1, 0.15) is 53.8 Å². The van der Waals surface area contributed by atoms with Crippen LogP contribution in [0.15, 0.2) is 67.3 Å².